The normalized spacial score (nSPS) is 20.8. The highest BCUT2D eigenvalue weighted by molar-refractivity contribution is 7.13. The molecule has 0 bridgehead atoms. The smallest absolute Gasteiger partial charge is 0.150 e. The highest BCUT2D eigenvalue weighted by atomic mass is 32.1. The first-order valence-corrected chi connectivity index (χ1v) is 6.45. The molecule has 2 aromatic rings. The summed E-state index contributed by atoms with van der Waals surface area (Å²) < 4.78 is 5.84. The van der Waals surface area contributed by atoms with Crippen LogP contribution in [-0.2, 0) is 0 Å². The van der Waals surface area contributed by atoms with Crippen LogP contribution < -0.4 is 10.6 Å². The number of nitrogens with two attached hydrogens (primary N) is 1. The molecule has 3 rings (SSSR count). The summed E-state index contributed by atoms with van der Waals surface area (Å²) >= 11 is 1.59. The van der Waals surface area contributed by atoms with Gasteiger partial charge in [-0.15, -0.1) is 0 Å². The van der Waals surface area contributed by atoms with E-state index in [2.05, 4.69) is 33.5 Å². The maximum atomic E-state index is 5.72. The maximum absolute atomic E-state index is 5.72. The minimum Gasteiger partial charge on any atom is -0.355 e. The van der Waals surface area contributed by atoms with Gasteiger partial charge in [0, 0.05) is 18.5 Å². The second-order valence-electron chi connectivity index (χ2n) is 4.34. The zero-order valence-corrected chi connectivity index (χ0v) is 9.91. The first kappa shape index (κ1) is 10.1. The Morgan fingerprint density at radius 3 is 3.12 bits per heavy atom. The average molecular weight is 233 g/mol. The summed E-state index contributed by atoms with van der Waals surface area (Å²) in [4.78, 5) is 2.37. The van der Waals surface area contributed by atoms with Crippen LogP contribution in [0, 0.1) is 5.92 Å². The second kappa shape index (κ2) is 4.03. The van der Waals surface area contributed by atoms with Crippen molar-refractivity contribution in [1.82, 2.24) is 4.37 Å². The van der Waals surface area contributed by atoms with Crippen molar-refractivity contribution in [3.8, 4) is 0 Å². The molecule has 1 unspecified atom stereocenters. The summed E-state index contributed by atoms with van der Waals surface area (Å²) in [7, 11) is 0. The van der Waals surface area contributed by atoms with Crippen LogP contribution in [-0.4, -0.2) is 24.0 Å². The molecule has 2 N–H and O–H groups in total. The lowest BCUT2D eigenvalue weighted by atomic mass is 10.1. The fraction of sp³-hybridized carbons (Fsp3) is 0.417. The monoisotopic (exact) mass is 233 g/mol. The Kier molecular flexibility index (Phi) is 2.53. The number of hydrogen-bond acceptors (Lipinski definition) is 4. The SMILES string of the molecule is NCC1CCN(c2nsc3ccccc23)C1. The van der Waals surface area contributed by atoms with Gasteiger partial charge in [-0.1, -0.05) is 12.1 Å². The van der Waals surface area contributed by atoms with Crippen molar-refractivity contribution in [3.05, 3.63) is 24.3 Å². The molecule has 1 fully saturated rings. The molecule has 0 radical (unpaired) electrons. The Bertz CT molecular complexity index is 494. The van der Waals surface area contributed by atoms with Gasteiger partial charge in [0.15, 0.2) is 0 Å². The molecule has 1 saturated heterocycles. The molecule has 3 nitrogen and oxygen atoms in total. The predicted octanol–water partition coefficient (Wildman–Crippen LogP) is 2.08. The van der Waals surface area contributed by atoms with Gasteiger partial charge in [-0.25, -0.2) is 0 Å². The zero-order chi connectivity index (χ0) is 11.0. The standard InChI is InChI=1S/C12H15N3S/c13-7-9-5-6-15(8-9)12-10-3-1-2-4-11(10)16-14-12/h1-4,9H,5-8,13H2. The van der Waals surface area contributed by atoms with Gasteiger partial charge in [-0.05, 0) is 42.5 Å². The Hall–Kier alpha value is -1.13. The number of nitrogens with zero attached hydrogens (tertiary/aromatic N) is 2. The van der Waals surface area contributed by atoms with Crippen LogP contribution in [0.2, 0.25) is 0 Å². The van der Waals surface area contributed by atoms with Crippen molar-refractivity contribution >= 4 is 27.4 Å². The van der Waals surface area contributed by atoms with Crippen molar-refractivity contribution < 1.29 is 0 Å². The van der Waals surface area contributed by atoms with Gasteiger partial charge in [0.1, 0.15) is 5.82 Å². The number of anilines is 1. The van der Waals surface area contributed by atoms with E-state index in [9.17, 15) is 0 Å². The van der Waals surface area contributed by atoms with Crippen LogP contribution in [0.25, 0.3) is 10.1 Å². The molecule has 1 aliphatic heterocycles. The molecule has 1 aromatic carbocycles. The molecule has 1 atom stereocenters. The largest absolute Gasteiger partial charge is 0.355 e. The topological polar surface area (TPSA) is 42.1 Å². The summed E-state index contributed by atoms with van der Waals surface area (Å²) in [6, 6.07) is 8.44. The summed E-state index contributed by atoms with van der Waals surface area (Å²) in [6.07, 6.45) is 1.20. The molecule has 0 saturated carbocycles. The van der Waals surface area contributed by atoms with E-state index in [0.29, 0.717) is 5.92 Å². The Morgan fingerprint density at radius 1 is 1.44 bits per heavy atom. The number of rotatable bonds is 2. The zero-order valence-electron chi connectivity index (χ0n) is 9.10. The van der Waals surface area contributed by atoms with E-state index in [1.54, 1.807) is 11.5 Å². The first-order valence-electron chi connectivity index (χ1n) is 5.68. The predicted molar refractivity (Wildman–Crippen MR) is 69.0 cm³/mol. The highest BCUT2D eigenvalue weighted by Gasteiger charge is 2.24. The summed E-state index contributed by atoms with van der Waals surface area (Å²) in [6.45, 7) is 2.94. The molecular formula is C12H15N3S. The van der Waals surface area contributed by atoms with Gasteiger partial charge in [0.2, 0.25) is 0 Å². The van der Waals surface area contributed by atoms with Crippen LogP contribution in [0.15, 0.2) is 24.3 Å². The van der Waals surface area contributed by atoms with Gasteiger partial charge in [-0.2, -0.15) is 4.37 Å². The minimum atomic E-state index is 0.639. The Balaban J connectivity index is 1.95. The maximum Gasteiger partial charge on any atom is 0.150 e. The molecule has 0 aliphatic carbocycles. The van der Waals surface area contributed by atoms with E-state index < -0.39 is 0 Å². The molecule has 0 spiro atoms. The first-order chi connectivity index (χ1) is 7.88. The third-order valence-electron chi connectivity index (χ3n) is 3.28. The van der Waals surface area contributed by atoms with Crippen LogP contribution in [0.4, 0.5) is 5.82 Å². The number of aromatic nitrogens is 1. The van der Waals surface area contributed by atoms with Gasteiger partial charge in [0.05, 0.1) is 4.70 Å². The van der Waals surface area contributed by atoms with E-state index in [-0.39, 0.29) is 0 Å². The van der Waals surface area contributed by atoms with Crippen LogP contribution in [0.5, 0.6) is 0 Å². The Labute approximate surface area is 99.0 Å². The summed E-state index contributed by atoms with van der Waals surface area (Å²) in [5.74, 6) is 1.79. The Morgan fingerprint density at radius 2 is 2.31 bits per heavy atom. The number of benzene rings is 1. The average Bonchev–Trinajstić information content (AvgIpc) is 2.94. The third kappa shape index (κ3) is 1.58. The van der Waals surface area contributed by atoms with E-state index >= 15 is 0 Å². The van der Waals surface area contributed by atoms with Gasteiger partial charge in [-0.3, -0.25) is 0 Å². The summed E-state index contributed by atoms with van der Waals surface area (Å²) in [5.41, 5.74) is 5.72. The van der Waals surface area contributed by atoms with Gasteiger partial charge < -0.3 is 10.6 Å². The molecule has 1 aliphatic rings. The van der Waals surface area contributed by atoms with Crippen LogP contribution in [0.3, 0.4) is 0 Å². The molecule has 0 amide bonds. The van der Waals surface area contributed by atoms with Gasteiger partial charge in [0.25, 0.3) is 0 Å². The number of fused-ring (bicyclic) bond motifs is 1. The second-order valence-corrected chi connectivity index (χ2v) is 5.14. The minimum absolute atomic E-state index is 0.639. The molecule has 4 heteroatoms. The van der Waals surface area contributed by atoms with Crippen LogP contribution >= 0.6 is 11.5 Å². The summed E-state index contributed by atoms with van der Waals surface area (Å²) in [5, 5.41) is 1.28. The molecule has 84 valence electrons. The van der Waals surface area contributed by atoms with Crippen molar-refractivity contribution in [2.75, 3.05) is 24.5 Å². The van der Waals surface area contributed by atoms with Crippen molar-refractivity contribution in [2.24, 2.45) is 11.7 Å². The highest BCUT2D eigenvalue weighted by Crippen LogP contribution is 2.32. The van der Waals surface area contributed by atoms with Crippen molar-refractivity contribution in [3.63, 3.8) is 0 Å². The van der Waals surface area contributed by atoms with Crippen molar-refractivity contribution in [2.45, 2.75) is 6.42 Å². The lowest BCUT2D eigenvalue weighted by Crippen LogP contribution is -2.22. The molecular weight excluding hydrogens is 218 g/mol. The van der Waals surface area contributed by atoms with E-state index in [0.717, 1.165) is 25.5 Å². The quantitative estimate of drug-likeness (QED) is 0.863. The lowest BCUT2D eigenvalue weighted by molar-refractivity contribution is 0.602. The van der Waals surface area contributed by atoms with Crippen molar-refractivity contribution in [1.29, 1.82) is 0 Å². The number of hydrogen-bond donors (Lipinski definition) is 1. The molecule has 16 heavy (non-hydrogen) atoms. The molecule has 1 aromatic heterocycles. The van der Waals surface area contributed by atoms with Crippen LogP contribution in [0.1, 0.15) is 6.42 Å². The van der Waals surface area contributed by atoms with Gasteiger partial charge >= 0.3 is 0 Å². The lowest BCUT2D eigenvalue weighted by Gasteiger charge is -2.15. The van der Waals surface area contributed by atoms with E-state index in [1.807, 2.05) is 0 Å². The molecule has 2 heterocycles. The van der Waals surface area contributed by atoms with E-state index in [1.165, 1.54) is 16.5 Å². The fourth-order valence-electron chi connectivity index (χ4n) is 2.32. The third-order valence-corrected chi connectivity index (χ3v) is 4.09. The van der Waals surface area contributed by atoms with E-state index in [4.69, 9.17) is 5.73 Å². The fourth-order valence-corrected chi connectivity index (χ4v) is 3.11.